The van der Waals surface area contributed by atoms with Gasteiger partial charge >= 0.3 is 0 Å². The van der Waals surface area contributed by atoms with Crippen molar-refractivity contribution in [1.82, 2.24) is 0 Å². The monoisotopic (exact) mass is 390 g/mol. The van der Waals surface area contributed by atoms with E-state index in [0.717, 1.165) is 47.3 Å². The number of hydrogen-bond donors (Lipinski definition) is 0. The molecular formula is C28H54. The lowest BCUT2D eigenvalue weighted by molar-refractivity contribution is 0.128. The molecule has 2 rings (SSSR count). The van der Waals surface area contributed by atoms with Crippen molar-refractivity contribution in [3.8, 4) is 0 Å². The smallest absolute Gasteiger partial charge is 0.0386 e. The van der Waals surface area contributed by atoms with E-state index in [9.17, 15) is 0 Å². The summed E-state index contributed by atoms with van der Waals surface area (Å²) in [6.07, 6.45) is 20.8. The summed E-state index contributed by atoms with van der Waals surface area (Å²) in [5, 5.41) is 0. The first kappa shape index (κ1) is 24.3. The predicted octanol–water partition coefficient (Wildman–Crippen LogP) is 9.52. The van der Waals surface area contributed by atoms with E-state index in [0.29, 0.717) is 0 Å². The lowest BCUT2D eigenvalue weighted by atomic mass is 9.67. The number of hydrogen-bond acceptors (Lipinski definition) is 0. The third kappa shape index (κ3) is 6.77. The van der Waals surface area contributed by atoms with Crippen LogP contribution >= 0.6 is 0 Å². The second-order valence-corrected chi connectivity index (χ2v) is 11.0. The molecule has 0 aliphatic heterocycles. The largest absolute Gasteiger partial charge is 0.0651 e. The number of rotatable bonds is 11. The van der Waals surface area contributed by atoms with E-state index >= 15 is 0 Å². The first-order valence-electron chi connectivity index (χ1n) is 13.5. The van der Waals surface area contributed by atoms with Gasteiger partial charge in [0.25, 0.3) is 0 Å². The highest BCUT2D eigenvalue weighted by molar-refractivity contribution is 4.83. The zero-order chi connectivity index (χ0) is 20.5. The molecule has 5 unspecified atom stereocenters. The third-order valence-corrected chi connectivity index (χ3v) is 9.72. The summed E-state index contributed by atoms with van der Waals surface area (Å²) in [4.78, 5) is 0. The van der Waals surface area contributed by atoms with Crippen molar-refractivity contribution < 1.29 is 0 Å². The first-order chi connectivity index (χ1) is 13.5. The van der Waals surface area contributed by atoms with Crippen LogP contribution in [0.1, 0.15) is 131 Å². The summed E-state index contributed by atoms with van der Waals surface area (Å²) in [5.74, 6) is 8.10. The molecule has 2 fully saturated rings. The molecule has 0 nitrogen and oxygen atoms in total. The van der Waals surface area contributed by atoms with Crippen LogP contribution in [0.4, 0.5) is 0 Å². The van der Waals surface area contributed by atoms with Gasteiger partial charge in [0, 0.05) is 0 Å². The highest BCUT2D eigenvalue weighted by Gasteiger charge is 2.31. The van der Waals surface area contributed by atoms with Crippen LogP contribution in [0.2, 0.25) is 0 Å². The van der Waals surface area contributed by atoms with Gasteiger partial charge in [-0.3, -0.25) is 0 Å². The van der Waals surface area contributed by atoms with Gasteiger partial charge in [0.05, 0.1) is 0 Å². The Balaban J connectivity index is 1.75. The minimum atomic E-state index is 0.948. The molecule has 2 saturated carbocycles. The topological polar surface area (TPSA) is 0 Å². The Hall–Kier alpha value is 0. The maximum atomic E-state index is 2.55. The van der Waals surface area contributed by atoms with Crippen molar-refractivity contribution in [2.24, 2.45) is 47.3 Å². The second-order valence-electron chi connectivity index (χ2n) is 11.0. The average molecular weight is 391 g/mol. The van der Waals surface area contributed by atoms with Crippen LogP contribution in [0.25, 0.3) is 0 Å². The standard InChI is InChI=1S/C28H54/c1-7-21(5)28-15-14-22(6)27(20-28)13-11-12-24(10-4)26-18-16-25(17-19-26)23(8-2)9-3/h21-28H,7-20H2,1-6H3. The van der Waals surface area contributed by atoms with Gasteiger partial charge in [-0.2, -0.15) is 0 Å². The van der Waals surface area contributed by atoms with Crippen molar-refractivity contribution in [3.63, 3.8) is 0 Å². The highest BCUT2D eigenvalue weighted by Crippen LogP contribution is 2.43. The molecule has 0 saturated heterocycles. The Morgan fingerprint density at radius 3 is 1.75 bits per heavy atom. The van der Waals surface area contributed by atoms with Crippen LogP contribution in [-0.4, -0.2) is 0 Å². The van der Waals surface area contributed by atoms with Crippen molar-refractivity contribution in [3.05, 3.63) is 0 Å². The summed E-state index contributed by atoms with van der Waals surface area (Å²) in [6.45, 7) is 14.7. The molecular weight excluding hydrogens is 336 g/mol. The minimum absolute atomic E-state index is 0.948. The zero-order valence-corrected chi connectivity index (χ0v) is 20.5. The molecule has 0 spiro atoms. The Bertz CT molecular complexity index is 387. The predicted molar refractivity (Wildman–Crippen MR) is 127 cm³/mol. The fraction of sp³-hybridized carbons (Fsp3) is 1.00. The van der Waals surface area contributed by atoms with Gasteiger partial charge in [-0.1, -0.05) is 92.9 Å². The minimum Gasteiger partial charge on any atom is -0.0651 e. The molecule has 0 aromatic rings. The van der Waals surface area contributed by atoms with E-state index in [1.54, 1.807) is 0 Å². The van der Waals surface area contributed by atoms with Crippen LogP contribution in [-0.2, 0) is 0 Å². The molecule has 0 radical (unpaired) electrons. The third-order valence-electron chi connectivity index (χ3n) is 9.72. The molecule has 2 aliphatic carbocycles. The fourth-order valence-corrected chi connectivity index (χ4v) is 7.16. The molecule has 0 bridgehead atoms. The van der Waals surface area contributed by atoms with Gasteiger partial charge in [-0.25, -0.2) is 0 Å². The molecule has 2 aliphatic rings. The van der Waals surface area contributed by atoms with Crippen molar-refractivity contribution in [2.75, 3.05) is 0 Å². The maximum absolute atomic E-state index is 2.55. The molecule has 0 heteroatoms. The van der Waals surface area contributed by atoms with E-state index in [1.807, 2.05) is 0 Å². The van der Waals surface area contributed by atoms with Gasteiger partial charge in [0.15, 0.2) is 0 Å². The van der Waals surface area contributed by atoms with Crippen molar-refractivity contribution in [1.29, 1.82) is 0 Å². The summed E-state index contributed by atoms with van der Waals surface area (Å²) in [6, 6.07) is 0. The molecule has 0 amide bonds. The van der Waals surface area contributed by atoms with Crippen molar-refractivity contribution >= 4 is 0 Å². The van der Waals surface area contributed by atoms with Gasteiger partial charge in [0.1, 0.15) is 0 Å². The normalized spacial score (nSPS) is 33.8. The van der Waals surface area contributed by atoms with E-state index in [1.165, 1.54) is 89.9 Å². The Morgan fingerprint density at radius 1 is 0.679 bits per heavy atom. The van der Waals surface area contributed by atoms with Crippen LogP contribution < -0.4 is 0 Å². The van der Waals surface area contributed by atoms with E-state index in [-0.39, 0.29) is 0 Å². The summed E-state index contributed by atoms with van der Waals surface area (Å²) in [5.41, 5.74) is 0. The SMILES string of the molecule is CCC(C)C1CCC(C)C(CCCC(CC)C2CCC(C(CC)CC)CC2)C1. The van der Waals surface area contributed by atoms with E-state index in [4.69, 9.17) is 0 Å². The fourth-order valence-electron chi connectivity index (χ4n) is 7.16. The Kier molecular flexibility index (Phi) is 11.0. The molecule has 0 N–H and O–H groups in total. The van der Waals surface area contributed by atoms with Gasteiger partial charge in [0.2, 0.25) is 0 Å². The lowest BCUT2D eigenvalue weighted by Gasteiger charge is -2.38. The quantitative estimate of drug-likeness (QED) is 0.329. The molecule has 28 heavy (non-hydrogen) atoms. The van der Waals surface area contributed by atoms with Crippen LogP contribution in [0.3, 0.4) is 0 Å². The second kappa shape index (κ2) is 12.6. The molecule has 0 aromatic carbocycles. The van der Waals surface area contributed by atoms with Gasteiger partial charge in [-0.15, -0.1) is 0 Å². The summed E-state index contributed by atoms with van der Waals surface area (Å²) < 4.78 is 0. The van der Waals surface area contributed by atoms with Gasteiger partial charge < -0.3 is 0 Å². The van der Waals surface area contributed by atoms with Crippen molar-refractivity contribution in [2.45, 2.75) is 131 Å². The molecule has 0 heterocycles. The summed E-state index contributed by atoms with van der Waals surface area (Å²) in [7, 11) is 0. The van der Waals surface area contributed by atoms with Gasteiger partial charge in [-0.05, 0) is 85.9 Å². The van der Waals surface area contributed by atoms with Crippen LogP contribution in [0.15, 0.2) is 0 Å². The van der Waals surface area contributed by atoms with E-state index in [2.05, 4.69) is 41.5 Å². The van der Waals surface area contributed by atoms with Crippen LogP contribution in [0, 0.1) is 47.3 Å². The molecule has 0 aromatic heterocycles. The van der Waals surface area contributed by atoms with E-state index < -0.39 is 0 Å². The maximum Gasteiger partial charge on any atom is -0.0386 e. The lowest BCUT2D eigenvalue weighted by Crippen LogP contribution is -2.27. The van der Waals surface area contributed by atoms with Crippen LogP contribution in [0.5, 0.6) is 0 Å². The Morgan fingerprint density at radius 2 is 1.21 bits per heavy atom. The Labute approximate surface area is 179 Å². The summed E-state index contributed by atoms with van der Waals surface area (Å²) >= 11 is 0. The molecule has 5 atom stereocenters. The first-order valence-corrected chi connectivity index (χ1v) is 13.5. The molecule has 166 valence electrons. The zero-order valence-electron chi connectivity index (χ0n) is 20.5. The average Bonchev–Trinajstić information content (AvgIpc) is 2.73. The highest BCUT2D eigenvalue weighted by atomic mass is 14.4.